The Labute approximate surface area is 147 Å². The summed E-state index contributed by atoms with van der Waals surface area (Å²) in [5.74, 6) is 0.934. The first-order valence-electron chi connectivity index (χ1n) is 7.72. The summed E-state index contributed by atoms with van der Waals surface area (Å²) in [6.07, 6.45) is 1.57. The number of benzene rings is 1. The standard InChI is InChI=1S/C18H22ClN3O2/c1-14(23)24-17-8-9-18(20-12-17)22(11-10-21(2)3)13-15-4-6-16(19)7-5-15/h4-9,12H,10-11,13H2,1-3H3. The van der Waals surface area contributed by atoms with E-state index in [4.69, 9.17) is 16.3 Å². The first kappa shape index (κ1) is 18.2. The highest BCUT2D eigenvalue weighted by Gasteiger charge is 2.10. The molecule has 1 aromatic carbocycles. The predicted molar refractivity (Wildman–Crippen MR) is 96.6 cm³/mol. The van der Waals surface area contributed by atoms with E-state index >= 15 is 0 Å². The van der Waals surface area contributed by atoms with Crippen LogP contribution in [0, 0.1) is 0 Å². The molecule has 0 unspecified atom stereocenters. The van der Waals surface area contributed by atoms with Crippen molar-refractivity contribution in [1.29, 1.82) is 0 Å². The minimum atomic E-state index is -0.352. The quantitative estimate of drug-likeness (QED) is 0.719. The zero-order valence-electron chi connectivity index (χ0n) is 14.2. The van der Waals surface area contributed by atoms with E-state index in [0.717, 1.165) is 36.0 Å². The fourth-order valence-corrected chi connectivity index (χ4v) is 2.32. The Morgan fingerprint density at radius 1 is 1.12 bits per heavy atom. The number of hydrogen-bond donors (Lipinski definition) is 0. The first-order chi connectivity index (χ1) is 11.4. The van der Waals surface area contributed by atoms with Gasteiger partial charge in [-0.25, -0.2) is 4.98 Å². The largest absolute Gasteiger partial charge is 0.425 e. The lowest BCUT2D eigenvalue weighted by Gasteiger charge is -2.25. The third kappa shape index (κ3) is 5.83. The Morgan fingerprint density at radius 2 is 1.83 bits per heavy atom. The van der Waals surface area contributed by atoms with E-state index in [2.05, 4.69) is 14.8 Å². The molecule has 0 aliphatic carbocycles. The van der Waals surface area contributed by atoms with Crippen molar-refractivity contribution in [3.05, 3.63) is 53.2 Å². The molecule has 1 aromatic heterocycles. The third-order valence-corrected chi connectivity index (χ3v) is 3.66. The van der Waals surface area contributed by atoms with Crippen LogP contribution in [0.25, 0.3) is 0 Å². The molecule has 2 aromatic rings. The molecule has 24 heavy (non-hydrogen) atoms. The number of aromatic nitrogens is 1. The van der Waals surface area contributed by atoms with E-state index in [1.54, 1.807) is 12.3 Å². The minimum absolute atomic E-state index is 0.352. The molecule has 0 spiro atoms. The lowest BCUT2D eigenvalue weighted by atomic mass is 10.2. The third-order valence-electron chi connectivity index (χ3n) is 3.41. The van der Waals surface area contributed by atoms with Crippen molar-refractivity contribution in [3.8, 4) is 5.75 Å². The maximum Gasteiger partial charge on any atom is 0.308 e. The molecule has 0 radical (unpaired) electrons. The molecule has 0 aliphatic heterocycles. The summed E-state index contributed by atoms with van der Waals surface area (Å²) < 4.78 is 5.04. The summed E-state index contributed by atoms with van der Waals surface area (Å²) in [5, 5.41) is 0.724. The average molecular weight is 348 g/mol. The Hall–Kier alpha value is -2.11. The van der Waals surface area contributed by atoms with E-state index in [1.807, 2.05) is 44.4 Å². The second kappa shape index (κ2) is 8.66. The van der Waals surface area contributed by atoms with Crippen LogP contribution in [-0.2, 0) is 11.3 Å². The van der Waals surface area contributed by atoms with Crippen molar-refractivity contribution in [2.24, 2.45) is 0 Å². The zero-order valence-corrected chi connectivity index (χ0v) is 15.0. The van der Waals surface area contributed by atoms with Gasteiger partial charge >= 0.3 is 5.97 Å². The first-order valence-corrected chi connectivity index (χ1v) is 8.10. The lowest BCUT2D eigenvalue weighted by molar-refractivity contribution is -0.131. The van der Waals surface area contributed by atoms with Gasteiger partial charge < -0.3 is 14.5 Å². The normalized spacial score (nSPS) is 10.7. The number of halogens is 1. The van der Waals surface area contributed by atoms with Gasteiger partial charge in [0.1, 0.15) is 11.6 Å². The van der Waals surface area contributed by atoms with Crippen molar-refractivity contribution in [3.63, 3.8) is 0 Å². The summed E-state index contributed by atoms with van der Waals surface area (Å²) in [7, 11) is 4.08. The van der Waals surface area contributed by atoms with Gasteiger partial charge in [-0.1, -0.05) is 23.7 Å². The number of ether oxygens (including phenoxy) is 1. The number of rotatable bonds is 7. The lowest BCUT2D eigenvalue weighted by Crippen LogP contribution is -2.31. The van der Waals surface area contributed by atoms with Crippen LogP contribution in [0.3, 0.4) is 0 Å². The van der Waals surface area contributed by atoms with Crippen LogP contribution in [0.4, 0.5) is 5.82 Å². The van der Waals surface area contributed by atoms with Crippen LogP contribution >= 0.6 is 11.6 Å². The Kier molecular flexibility index (Phi) is 6.58. The number of pyridine rings is 1. The smallest absolute Gasteiger partial charge is 0.308 e. The van der Waals surface area contributed by atoms with Crippen molar-refractivity contribution in [2.45, 2.75) is 13.5 Å². The molecule has 0 atom stereocenters. The summed E-state index contributed by atoms with van der Waals surface area (Å²) in [5.41, 5.74) is 1.16. The van der Waals surface area contributed by atoms with Crippen LogP contribution < -0.4 is 9.64 Å². The maximum absolute atomic E-state index is 11.0. The highest BCUT2D eigenvalue weighted by Crippen LogP contribution is 2.19. The van der Waals surface area contributed by atoms with E-state index in [-0.39, 0.29) is 5.97 Å². The molecule has 1 heterocycles. The van der Waals surface area contributed by atoms with Gasteiger partial charge in [-0.3, -0.25) is 4.79 Å². The number of anilines is 1. The fourth-order valence-electron chi connectivity index (χ4n) is 2.19. The molecular formula is C18H22ClN3O2. The molecule has 0 N–H and O–H groups in total. The van der Waals surface area contributed by atoms with Gasteiger partial charge in [-0.05, 0) is 43.9 Å². The van der Waals surface area contributed by atoms with Crippen molar-refractivity contribution in [2.75, 3.05) is 32.1 Å². The summed E-state index contributed by atoms with van der Waals surface area (Å²) in [6.45, 7) is 3.83. The van der Waals surface area contributed by atoms with Crippen LogP contribution in [0.5, 0.6) is 5.75 Å². The van der Waals surface area contributed by atoms with Gasteiger partial charge in [-0.15, -0.1) is 0 Å². The number of nitrogens with zero attached hydrogens (tertiary/aromatic N) is 3. The maximum atomic E-state index is 11.0. The van der Waals surface area contributed by atoms with Gasteiger partial charge in [0.25, 0.3) is 0 Å². The summed E-state index contributed by atoms with van der Waals surface area (Å²) >= 11 is 5.95. The Balaban J connectivity index is 2.15. The van der Waals surface area contributed by atoms with E-state index in [1.165, 1.54) is 6.92 Å². The number of carbonyl (C=O) groups excluding carboxylic acids is 1. The molecule has 0 bridgehead atoms. The van der Waals surface area contributed by atoms with Gasteiger partial charge in [-0.2, -0.15) is 0 Å². The minimum Gasteiger partial charge on any atom is -0.425 e. The molecule has 0 amide bonds. The molecule has 0 saturated heterocycles. The second-order valence-electron chi connectivity index (χ2n) is 5.80. The van der Waals surface area contributed by atoms with Crippen LogP contribution in [-0.4, -0.2) is 43.0 Å². The topological polar surface area (TPSA) is 45.7 Å². The van der Waals surface area contributed by atoms with Gasteiger partial charge in [0, 0.05) is 31.6 Å². The molecule has 128 valence electrons. The van der Waals surface area contributed by atoms with Crippen LogP contribution in [0.1, 0.15) is 12.5 Å². The second-order valence-corrected chi connectivity index (χ2v) is 6.23. The monoisotopic (exact) mass is 347 g/mol. The number of carbonyl (C=O) groups is 1. The zero-order chi connectivity index (χ0) is 17.5. The molecule has 6 heteroatoms. The SMILES string of the molecule is CC(=O)Oc1ccc(N(CCN(C)C)Cc2ccc(Cl)cc2)nc1. The van der Waals surface area contributed by atoms with Gasteiger partial charge in [0.15, 0.2) is 0 Å². The number of likely N-dealkylation sites (N-methyl/N-ethyl adjacent to an activating group) is 1. The number of esters is 1. The molecule has 0 fully saturated rings. The molecular weight excluding hydrogens is 326 g/mol. The van der Waals surface area contributed by atoms with Gasteiger partial charge in [0.05, 0.1) is 6.20 Å². The predicted octanol–water partition coefficient (Wildman–Crippen LogP) is 3.23. The summed E-state index contributed by atoms with van der Waals surface area (Å²) in [4.78, 5) is 19.7. The molecule has 0 aliphatic rings. The van der Waals surface area contributed by atoms with E-state index < -0.39 is 0 Å². The molecule has 0 saturated carbocycles. The number of hydrogen-bond acceptors (Lipinski definition) is 5. The van der Waals surface area contributed by atoms with Crippen LogP contribution in [0.15, 0.2) is 42.6 Å². The van der Waals surface area contributed by atoms with Gasteiger partial charge in [0.2, 0.25) is 0 Å². The Bertz CT molecular complexity index is 657. The van der Waals surface area contributed by atoms with E-state index in [9.17, 15) is 4.79 Å². The van der Waals surface area contributed by atoms with Crippen LogP contribution in [0.2, 0.25) is 5.02 Å². The Morgan fingerprint density at radius 3 is 2.38 bits per heavy atom. The highest BCUT2D eigenvalue weighted by atomic mass is 35.5. The van der Waals surface area contributed by atoms with E-state index in [0.29, 0.717) is 5.75 Å². The van der Waals surface area contributed by atoms with Crippen molar-refractivity contribution >= 4 is 23.4 Å². The summed E-state index contributed by atoms with van der Waals surface area (Å²) in [6, 6.07) is 11.4. The molecule has 5 nitrogen and oxygen atoms in total. The van der Waals surface area contributed by atoms with Crippen molar-refractivity contribution < 1.29 is 9.53 Å². The molecule has 2 rings (SSSR count). The fraction of sp³-hybridized carbons (Fsp3) is 0.333. The highest BCUT2D eigenvalue weighted by molar-refractivity contribution is 6.30. The van der Waals surface area contributed by atoms with Crippen molar-refractivity contribution in [1.82, 2.24) is 9.88 Å². The average Bonchev–Trinajstić information content (AvgIpc) is 2.53.